The first-order valence-electron chi connectivity index (χ1n) is 4.87. The maximum atomic E-state index is 11.8. The number of nitrogens with zero attached hydrogens (tertiary/aromatic N) is 2. The smallest absolute Gasteiger partial charge is 0.358 e. The molecule has 0 radical (unpaired) electrons. The molecule has 0 aliphatic heterocycles. The lowest BCUT2D eigenvalue weighted by Gasteiger charge is -2.09. The predicted molar refractivity (Wildman–Crippen MR) is 61.4 cm³/mol. The molecule has 0 saturated heterocycles. The van der Waals surface area contributed by atoms with Crippen LogP contribution in [-0.2, 0) is 14.8 Å². The minimum absolute atomic E-state index is 0.235. The lowest BCUT2D eigenvalue weighted by atomic mass is 10.3. The first-order valence-corrected chi connectivity index (χ1v) is 6.35. The van der Waals surface area contributed by atoms with E-state index in [-0.39, 0.29) is 10.7 Å². The molecule has 9 heteroatoms. The molecule has 0 saturated carbocycles. The molecule has 1 heterocycles. The lowest BCUT2D eigenvalue weighted by molar-refractivity contribution is -0.389. The Balaban J connectivity index is 2.99. The summed E-state index contributed by atoms with van der Waals surface area (Å²) in [5, 5.41) is 10.4. The number of hydrogen-bond donors (Lipinski definition) is 1. The van der Waals surface area contributed by atoms with Crippen molar-refractivity contribution in [1.29, 1.82) is 0 Å². The number of carbonyl (C=O) groups is 1. The van der Waals surface area contributed by atoms with Crippen LogP contribution in [0.4, 0.5) is 5.82 Å². The third-order valence-electron chi connectivity index (χ3n) is 2.16. The van der Waals surface area contributed by atoms with E-state index in [1.54, 1.807) is 0 Å². The van der Waals surface area contributed by atoms with Gasteiger partial charge < -0.3 is 10.1 Å². The van der Waals surface area contributed by atoms with Gasteiger partial charge in [0.1, 0.15) is 10.7 Å². The molecular formula is C9H11N3O5S. The molecule has 1 N–H and O–H groups in total. The topological polar surface area (TPSA) is 119 Å². The standard InChI is InChI=1S/C9H11N3O5S/c1-6(7(2)13)11-18(16,17)8-3-4-9(10-5-8)12(14)15/h3-6,11H,1-2H3. The van der Waals surface area contributed by atoms with Gasteiger partial charge in [0.15, 0.2) is 6.20 Å². The SMILES string of the molecule is CC(=O)C(C)NS(=O)(=O)c1ccc([N+](=O)[O-])nc1. The summed E-state index contributed by atoms with van der Waals surface area (Å²) in [6, 6.07) is 1.16. The van der Waals surface area contributed by atoms with Crippen LogP contribution >= 0.6 is 0 Å². The Morgan fingerprint density at radius 1 is 1.50 bits per heavy atom. The summed E-state index contributed by atoms with van der Waals surface area (Å²) >= 11 is 0. The average Bonchev–Trinajstić information content (AvgIpc) is 2.28. The fourth-order valence-electron chi connectivity index (χ4n) is 1.02. The van der Waals surface area contributed by atoms with E-state index in [0.29, 0.717) is 0 Å². The summed E-state index contributed by atoms with van der Waals surface area (Å²) in [5.74, 6) is -0.790. The first-order chi connectivity index (χ1) is 8.24. The quantitative estimate of drug-likeness (QED) is 0.606. The van der Waals surface area contributed by atoms with Crippen LogP contribution in [-0.4, -0.2) is 30.2 Å². The van der Waals surface area contributed by atoms with Gasteiger partial charge in [-0.1, -0.05) is 0 Å². The van der Waals surface area contributed by atoms with Crippen LogP contribution in [0.15, 0.2) is 23.2 Å². The summed E-state index contributed by atoms with van der Waals surface area (Å²) < 4.78 is 25.6. The minimum atomic E-state index is -3.90. The summed E-state index contributed by atoms with van der Waals surface area (Å²) in [5.41, 5.74) is 0. The van der Waals surface area contributed by atoms with Gasteiger partial charge in [-0.2, -0.15) is 0 Å². The van der Waals surface area contributed by atoms with Gasteiger partial charge in [-0.05, 0) is 29.8 Å². The molecule has 1 rings (SSSR count). The third-order valence-corrected chi connectivity index (χ3v) is 3.69. The van der Waals surface area contributed by atoms with Crippen molar-refractivity contribution in [2.75, 3.05) is 0 Å². The van der Waals surface area contributed by atoms with E-state index in [0.717, 1.165) is 18.3 Å². The normalized spacial score (nSPS) is 13.0. The zero-order chi connectivity index (χ0) is 13.9. The van der Waals surface area contributed by atoms with Crippen molar-refractivity contribution >= 4 is 21.6 Å². The van der Waals surface area contributed by atoms with Gasteiger partial charge in [-0.25, -0.2) is 13.1 Å². The molecule has 0 bridgehead atoms. The van der Waals surface area contributed by atoms with E-state index >= 15 is 0 Å². The number of Topliss-reactive ketones (excluding diaryl/α,β-unsaturated/α-hetero) is 1. The Labute approximate surface area is 103 Å². The number of ketones is 1. The maximum absolute atomic E-state index is 11.8. The third kappa shape index (κ3) is 3.31. The average molecular weight is 273 g/mol. The Morgan fingerprint density at radius 2 is 2.11 bits per heavy atom. The molecule has 18 heavy (non-hydrogen) atoms. The largest absolute Gasteiger partial charge is 0.363 e. The van der Waals surface area contributed by atoms with E-state index in [4.69, 9.17) is 0 Å². The fraction of sp³-hybridized carbons (Fsp3) is 0.333. The fourth-order valence-corrected chi connectivity index (χ4v) is 2.23. The van der Waals surface area contributed by atoms with Crippen LogP contribution in [0.2, 0.25) is 0 Å². The summed E-state index contributed by atoms with van der Waals surface area (Å²) in [4.78, 5) is 23.8. The number of hydrogen-bond acceptors (Lipinski definition) is 6. The number of rotatable bonds is 5. The lowest BCUT2D eigenvalue weighted by Crippen LogP contribution is -2.37. The number of carbonyl (C=O) groups excluding carboxylic acids is 1. The van der Waals surface area contributed by atoms with Crippen LogP contribution in [0.1, 0.15) is 13.8 Å². The van der Waals surface area contributed by atoms with Crippen molar-refractivity contribution in [3.05, 3.63) is 28.4 Å². The molecule has 1 unspecified atom stereocenters. The van der Waals surface area contributed by atoms with Gasteiger partial charge in [-0.3, -0.25) is 4.79 Å². The number of sulfonamides is 1. The number of aromatic nitrogens is 1. The summed E-state index contributed by atoms with van der Waals surface area (Å²) in [6.07, 6.45) is 0.868. The second-order valence-corrected chi connectivity index (χ2v) is 5.28. The predicted octanol–water partition coefficient (Wildman–Crippen LogP) is 0.246. The van der Waals surface area contributed by atoms with Crippen LogP contribution in [0.25, 0.3) is 0 Å². The molecule has 1 atom stereocenters. The highest BCUT2D eigenvalue weighted by molar-refractivity contribution is 7.89. The van der Waals surface area contributed by atoms with Crippen molar-refractivity contribution < 1.29 is 18.1 Å². The Kier molecular flexibility index (Phi) is 4.09. The zero-order valence-electron chi connectivity index (χ0n) is 9.65. The number of nitrogens with one attached hydrogen (secondary N) is 1. The number of nitro groups is 1. The van der Waals surface area contributed by atoms with Crippen molar-refractivity contribution in [3.63, 3.8) is 0 Å². The molecule has 98 valence electrons. The van der Waals surface area contributed by atoms with Gasteiger partial charge in [0, 0.05) is 6.07 Å². The summed E-state index contributed by atoms with van der Waals surface area (Å²) in [6.45, 7) is 2.65. The van der Waals surface area contributed by atoms with Gasteiger partial charge in [0.25, 0.3) is 0 Å². The van der Waals surface area contributed by atoms with Crippen molar-refractivity contribution in [2.24, 2.45) is 0 Å². The van der Waals surface area contributed by atoms with Gasteiger partial charge in [0.05, 0.1) is 6.04 Å². The second-order valence-electron chi connectivity index (χ2n) is 3.56. The van der Waals surface area contributed by atoms with Crippen LogP contribution in [0.3, 0.4) is 0 Å². The highest BCUT2D eigenvalue weighted by atomic mass is 32.2. The van der Waals surface area contributed by atoms with Crippen LogP contribution < -0.4 is 4.72 Å². The molecule has 1 aromatic heterocycles. The zero-order valence-corrected chi connectivity index (χ0v) is 10.5. The van der Waals surface area contributed by atoms with E-state index < -0.39 is 26.8 Å². The second kappa shape index (κ2) is 5.19. The van der Waals surface area contributed by atoms with E-state index in [1.165, 1.54) is 13.8 Å². The number of pyridine rings is 1. The van der Waals surface area contributed by atoms with Gasteiger partial charge in [-0.15, -0.1) is 0 Å². The Morgan fingerprint density at radius 3 is 2.50 bits per heavy atom. The van der Waals surface area contributed by atoms with Crippen LogP contribution in [0, 0.1) is 10.1 Å². The molecule has 1 aromatic rings. The molecule has 0 aliphatic carbocycles. The minimum Gasteiger partial charge on any atom is -0.358 e. The van der Waals surface area contributed by atoms with E-state index in [1.807, 2.05) is 0 Å². The van der Waals surface area contributed by atoms with E-state index in [9.17, 15) is 23.3 Å². The molecule has 0 amide bonds. The first kappa shape index (κ1) is 14.2. The van der Waals surface area contributed by atoms with Crippen LogP contribution in [0.5, 0.6) is 0 Å². The molecule has 0 aromatic carbocycles. The van der Waals surface area contributed by atoms with Crippen molar-refractivity contribution in [3.8, 4) is 0 Å². The van der Waals surface area contributed by atoms with Crippen molar-refractivity contribution in [2.45, 2.75) is 24.8 Å². The molecule has 0 fully saturated rings. The highest BCUT2D eigenvalue weighted by Crippen LogP contribution is 2.12. The van der Waals surface area contributed by atoms with Crippen molar-refractivity contribution in [1.82, 2.24) is 9.71 Å². The van der Waals surface area contributed by atoms with E-state index in [2.05, 4.69) is 9.71 Å². The monoisotopic (exact) mass is 273 g/mol. The van der Waals surface area contributed by atoms with Gasteiger partial charge >= 0.3 is 5.82 Å². The summed E-state index contributed by atoms with van der Waals surface area (Å²) in [7, 11) is -3.90. The molecule has 0 aliphatic rings. The molecular weight excluding hydrogens is 262 g/mol. The van der Waals surface area contributed by atoms with Gasteiger partial charge in [0.2, 0.25) is 10.0 Å². The maximum Gasteiger partial charge on any atom is 0.363 e. The molecule has 8 nitrogen and oxygen atoms in total. The molecule has 0 spiro atoms. The highest BCUT2D eigenvalue weighted by Gasteiger charge is 2.22. The Bertz CT molecular complexity index is 566. The Hall–Kier alpha value is -1.87.